The van der Waals surface area contributed by atoms with Crippen molar-refractivity contribution < 1.29 is 19.3 Å². The van der Waals surface area contributed by atoms with Gasteiger partial charge in [-0.25, -0.2) is 4.98 Å². The Balaban J connectivity index is 1.73. The van der Waals surface area contributed by atoms with Crippen molar-refractivity contribution >= 4 is 22.4 Å². The molecule has 2 heterocycles. The van der Waals surface area contributed by atoms with Crippen LogP contribution in [-0.4, -0.2) is 72.0 Å². The number of nitrogens with two attached hydrogens (primary N) is 1. The summed E-state index contributed by atoms with van der Waals surface area (Å²) in [4.78, 5) is 11.4. The predicted octanol–water partition coefficient (Wildman–Crippen LogP) is 3.00. The summed E-state index contributed by atoms with van der Waals surface area (Å²) in [5.41, 5.74) is 10.3. The zero-order chi connectivity index (χ0) is 25.5. The van der Waals surface area contributed by atoms with Crippen LogP contribution in [-0.2, 0) is 11.3 Å². The minimum Gasteiger partial charge on any atom is -0.497 e. The monoisotopic (exact) mass is 492 g/mol. The first-order valence-corrected chi connectivity index (χ1v) is 11.7. The van der Waals surface area contributed by atoms with Gasteiger partial charge in [0, 0.05) is 55.0 Å². The minimum atomic E-state index is -0.723. The van der Waals surface area contributed by atoms with E-state index in [-0.39, 0.29) is 13.2 Å². The van der Waals surface area contributed by atoms with Crippen LogP contribution in [0.3, 0.4) is 0 Å². The first-order valence-electron chi connectivity index (χ1n) is 11.7. The van der Waals surface area contributed by atoms with Crippen LogP contribution in [0.15, 0.2) is 55.0 Å². The number of ether oxygens (including phenoxy) is 3. The molecule has 4 rings (SSSR count). The fraction of sp³-hybridized carbons (Fsp3) is 0.346. The zero-order valence-corrected chi connectivity index (χ0v) is 20.8. The molecule has 4 aromatic rings. The van der Waals surface area contributed by atoms with Crippen molar-refractivity contribution in [3.63, 3.8) is 0 Å². The molecular weight excluding hydrogens is 460 g/mol. The quantitative estimate of drug-likeness (QED) is 0.307. The van der Waals surface area contributed by atoms with Gasteiger partial charge in [0.2, 0.25) is 0 Å². The van der Waals surface area contributed by atoms with Crippen molar-refractivity contribution in [1.82, 2.24) is 19.7 Å². The number of aliphatic hydroxyl groups excluding tert-OH is 1. The lowest BCUT2D eigenvalue weighted by Crippen LogP contribution is -2.31. The first kappa shape index (κ1) is 25.4. The molecule has 1 unspecified atom stereocenters. The third-order valence-corrected chi connectivity index (χ3v) is 5.76. The Morgan fingerprint density at radius 1 is 1.00 bits per heavy atom. The Bertz CT molecular complexity index is 1270. The van der Waals surface area contributed by atoms with E-state index in [0.717, 1.165) is 46.6 Å². The second kappa shape index (κ2) is 11.8. The molecule has 0 saturated heterocycles. The van der Waals surface area contributed by atoms with Crippen LogP contribution in [0.2, 0.25) is 0 Å². The van der Waals surface area contributed by atoms with Crippen molar-refractivity contribution in [2.24, 2.45) is 5.73 Å². The van der Waals surface area contributed by atoms with Crippen LogP contribution in [0.25, 0.3) is 22.3 Å². The highest BCUT2D eigenvalue weighted by atomic mass is 16.5. The van der Waals surface area contributed by atoms with Crippen LogP contribution < -0.4 is 20.1 Å². The Labute approximate surface area is 210 Å². The zero-order valence-electron chi connectivity index (χ0n) is 20.8. The molecule has 2 aromatic carbocycles. The third kappa shape index (κ3) is 5.91. The molecule has 0 aliphatic rings. The van der Waals surface area contributed by atoms with E-state index in [0.29, 0.717) is 18.0 Å². The average molecular weight is 493 g/mol. The van der Waals surface area contributed by atoms with Gasteiger partial charge in [-0.15, -0.1) is 0 Å². The van der Waals surface area contributed by atoms with Crippen molar-refractivity contribution in [3.8, 4) is 22.8 Å². The molecule has 3 N–H and O–H groups in total. The topological polar surface area (TPSA) is 121 Å². The maximum absolute atomic E-state index is 10.6. The molecule has 36 heavy (non-hydrogen) atoms. The van der Waals surface area contributed by atoms with Gasteiger partial charge in [0.05, 0.1) is 62.6 Å². The molecule has 0 aliphatic carbocycles. The number of aliphatic hydroxyl groups is 1. The summed E-state index contributed by atoms with van der Waals surface area (Å²) < 4.78 is 18.0. The molecule has 1 atom stereocenters. The summed E-state index contributed by atoms with van der Waals surface area (Å²) >= 11 is 0. The van der Waals surface area contributed by atoms with Gasteiger partial charge in [-0.3, -0.25) is 9.67 Å². The highest BCUT2D eigenvalue weighted by molar-refractivity contribution is 5.82. The van der Waals surface area contributed by atoms with Gasteiger partial charge < -0.3 is 30.0 Å². The number of fused-ring (bicyclic) bond motifs is 1. The molecule has 0 saturated carbocycles. The summed E-state index contributed by atoms with van der Waals surface area (Å²) in [5, 5.41) is 15.0. The van der Waals surface area contributed by atoms with Gasteiger partial charge >= 0.3 is 0 Å². The SMILES string of the molecule is COCC(O)CN(c1cc(OC)cc(OC)c1)c1ccc2ncc(-c3cnn(CCCN)c3)nc2c1. The number of methoxy groups -OCH3 is 3. The molecular formula is C26H32N6O4. The second-order valence-corrected chi connectivity index (χ2v) is 8.35. The van der Waals surface area contributed by atoms with E-state index in [2.05, 4.69) is 10.1 Å². The van der Waals surface area contributed by atoms with Gasteiger partial charge in [0.1, 0.15) is 11.5 Å². The number of nitrogens with zero attached hydrogens (tertiary/aromatic N) is 5. The largest absolute Gasteiger partial charge is 0.497 e. The van der Waals surface area contributed by atoms with E-state index in [4.69, 9.17) is 24.9 Å². The Kier molecular flexibility index (Phi) is 8.32. The Morgan fingerprint density at radius 2 is 1.78 bits per heavy atom. The van der Waals surface area contributed by atoms with Crippen LogP contribution in [0.1, 0.15) is 6.42 Å². The number of anilines is 2. The van der Waals surface area contributed by atoms with Crippen molar-refractivity contribution in [3.05, 3.63) is 55.0 Å². The smallest absolute Gasteiger partial charge is 0.124 e. The first-order chi connectivity index (χ1) is 17.5. The summed E-state index contributed by atoms with van der Waals surface area (Å²) in [5.74, 6) is 1.29. The van der Waals surface area contributed by atoms with Gasteiger partial charge in [0.15, 0.2) is 0 Å². The van der Waals surface area contributed by atoms with Gasteiger partial charge in [-0.1, -0.05) is 0 Å². The van der Waals surface area contributed by atoms with E-state index in [9.17, 15) is 5.11 Å². The maximum atomic E-state index is 10.6. The standard InChI is InChI=1S/C26H32N6O4/c1-34-17-21(33)16-32(20-9-22(35-2)12-23(10-20)36-3)19-5-6-24-25(11-19)30-26(14-28-24)18-13-29-31(15-18)8-4-7-27/h5-6,9-15,21,33H,4,7-8,16-17,27H2,1-3H3. The average Bonchev–Trinajstić information content (AvgIpc) is 3.38. The number of hydrogen-bond acceptors (Lipinski definition) is 9. The molecule has 0 fully saturated rings. The lowest BCUT2D eigenvalue weighted by Gasteiger charge is -2.28. The highest BCUT2D eigenvalue weighted by Gasteiger charge is 2.18. The number of hydrogen-bond donors (Lipinski definition) is 2. The predicted molar refractivity (Wildman–Crippen MR) is 139 cm³/mol. The van der Waals surface area contributed by atoms with Crippen LogP contribution in [0.4, 0.5) is 11.4 Å². The van der Waals surface area contributed by atoms with Crippen molar-refractivity contribution in [2.45, 2.75) is 19.1 Å². The van der Waals surface area contributed by atoms with Crippen LogP contribution in [0.5, 0.6) is 11.5 Å². The Hall–Kier alpha value is -3.73. The molecule has 0 bridgehead atoms. The van der Waals surface area contributed by atoms with E-state index in [1.165, 1.54) is 0 Å². The number of aryl methyl sites for hydroxylation is 1. The summed E-state index contributed by atoms with van der Waals surface area (Å²) in [6, 6.07) is 11.4. The van der Waals surface area contributed by atoms with Gasteiger partial charge in [-0.2, -0.15) is 5.10 Å². The van der Waals surface area contributed by atoms with E-state index < -0.39 is 6.10 Å². The van der Waals surface area contributed by atoms with Crippen molar-refractivity contribution in [2.75, 3.05) is 45.9 Å². The molecule has 0 aliphatic heterocycles. The summed E-state index contributed by atoms with van der Waals surface area (Å²) in [7, 11) is 4.77. The fourth-order valence-corrected chi connectivity index (χ4v) is 3.94. The lowest BCUT2D eigenvalue weighted by atomic mass is 10.1. The molecule has 0 amide bonds. The number of benzene rings is 2. The molecule has 2 aromatic heterocycles. The van der Waals surface area contributed by atoms with Crippen LogP contribution in [0, 0.1) is 0 Å². The Morgan fingerprint density at radius 3 is 2.47 bits per heavy atom. The fourth-order valence-electron chi connectivity index (χ4n) is 3.94. The lowest BCUT2D eigenvalue weighted by molar-refractivity contribution is 0.0702. The molecule has 10 nitrogen and oxygen atoms in total. The summed E-state index contributed by atoms with van der Waals surface area (Å²) in [6.45, 7) is 1.85. The summed E-state index contributed by atoms with van der Waals surface area (Å²) in [6.07, 6.45) is 5.62. The third-order valence-electron chi connectivity index (χ3n) is 5.76. The van der Waals surface area contributed by atoms with Crippen molar-refractivity contribution in [1.29, 1.82) is 0 Å². The van der Waals surface area contributed by atoms with E-state index in [1.54, 1.807) is 39.8 Å². The molecule has 190 valence electrons. The second-order valence-electron chi connectivity index (χ2n) is 8.35. The van der Waals surface area contributed by atoms with E-state index in [1.807, 2.05) is 46.1 Å². The van der Waals surface area contributed by atoms with Crippen LogP contribution >= 0.6 is 0 Å². The van der Waals surface area contributed by atoms with E-state index >= 15 is 0 Å². The van der Waals surface area contributed by atoms with Gasteiger partial charge in [-0.05, 0) is 31.2 Å². The molecule has 0 spiro atoms. The maximum Gasteiger partial charge on any atom is 0.124 e. The molecule has 10 heteroatoms. The molecule has 0 radical (unpaired) electrons. The number of rotatable bonds is 12. The van der Waals surface area contributed by atoms with Gasteiger partial charge in [0.25, 0.3) is 0 Å². The normalized spacial score (nSPS) is 12.0. The highest BCUT2D eigenvalue weighted by Crippen LogP contribution is 2.34. The minimum absolute atomic E-state index is 0.198. The number of aromatic nitrogens is 4.